The highest BCUT2D eigenvalue weighted by molar-refractivity contribution is 6.01. The molecule has 3 N–H and O–H groups in total. The maximum atomic E-state index is 11.8. The van der Waals surface area contributed by atoms with E-state index >= 15 is 0 Å². The van der Waals surface area contributed by atoms with Crippen LogP contribution in [0.25, 0.3) is 0 Å². The number of benzene rings is 1. The molecule has 1 aromatic carbocycles. The minimum Gasteiger partial charge on any atom is -0.497 e. The third kappa shape index (κ3) is 4.64. The number of nitrogens with two attached hydrogens (primary N) is 1. The Kier molecular flexibility index (Phi) is 6.48. The Morgan fingerprint density at radius 2 is 2.00 bits per heavy atom. The largest absolute Gasteiger partial charge is 0.497 e. The fourth-order valence-electron chi connectivity index (χ4n) is 1.65. The van der Waals surface area contributed by atoms with Gasteiger partial charge in [0.1, 0.15) is 11.5 Å². The Hall–Kier alpha value is -2.28. The van der Waals surface area contributed by atoms with Gasteiger partial charge in [-0.15, -0.1) is 0 Å². The first-order chi connectivity index (χ1) is 10.0. The summed E-state index contributed by atoms with van der Waals surface area (Å²) in [6.45, 7) is 1.97. The van der Waals surface area contributed by atoms with Crippen LogP contribution in [0.1, 0.15) is 12.5 Å². The van der Waals surface area contributed by atoms with E-state index in [-0.39, 0.29) is 13.2 Å². The normalized spacial score (nSPS) is 11.4. The van der Waals surface area contributed by atoms with Crippen LogP contribution >= 0.6 is 0 Å². The molecular weight excluding hydrogens is 276 g/mol. The van der Waals surface area contributed by atoms with Gasteiger partial charge in [0.15, 0.2) is 6.04 Å². The minimum absolute atomic E-state index is 0.159. The van der Waals surface area contributed by atoms with Crippen LogP contribution in [0, 0.1) is 0 Å². The molecule has 1 unspecified atom stereocenters. The van der Waals surface area contributed by atoms with Gasteiger partial charge in [-0.05, 0) is 25.1 Å². The fourth-order valence-corrected chi connectivity index (χ4v) is 1.65. The highest BCUT2D eigenvalue weighted by Crippen LogP contribution is 2.23. The lowest BCUT2D eigenvalue weighted by molar-refractivity contribution is -0.148. The lowest BCUT2D eigenvalue weighted by atomic mass is 10.1. The maximum absolute atomic E-state index is 11.8. The number of carbonyl (C=O) groups excluding carboxylic acids is 2. The molecule has 0 spiro atoms. The molecule has 0 aromatic heterocycles. The van der Waals surface area contributed by atoms with Crippen LogP contribution in [0.4, 0.5) is 0 Å². The Morgan fingerprint density at radius 3 is 2.57 bits per heavy atom. The topological polar surface area (TPSA) is 99.9 Å². The smallest absolute Gasteiger partial charge is 0.332 e. The van der Waals surface area contributed by atoms with Crippen LogP contribution in [-0.2, 0) is 20.9 Å². The molecule has 0 fully saturated rings. The molecule has 7 nitrogen and oxygen atoms in total. The maximum Gasteiger partial charge on any atom is 0.332 e. The molecule has 1 aromatic rings. The lowest BCUT2D eigenvalue weighted by Gasteiger charge is -2.13. The van der Waals surface area contributed by atoms with Gasteiger partial charge in [0, 0.05) is 12.1 Å². The van der Waals surface area contributed by atoms with Gasteiger partial charge in [-0.2, -0.15) is 0 Å². The first-order valence-corrected chi connectivity index (χ1v) is 6.44. The third-order valence-electron chi connectivity index (χ3n) is 2.76. The van der Waals surface area contributed by atoms with Crippen molar-refractivity contribution in [3.63, 3.8) is 0 Å². The van der Waals surface area contributed by atoms with E-state index in [1.807, 2.05) is 0 Å². The zero-order valence-electron chi connectivity index (χ0n) is 12.3. The second kappa shape index (κ2) is 8.11. The summed E-state index contributed by atoms with van der Waals surface area (Å²) in [7, 11) is 3.07. The van der Waals surface area contributed by atoms with E-state index < -0.39 is 17.9 Å². The molecule has 1 amide bonds. The van der Waals surface area contributed by atoms with Gasteiger partial charge in [0.05, 0.1) is 20.8 Å². The molecule has 1 rings (SSSR count). The molecule has 0 aliphatic rings. The summed E-state index contributed by atoms with van der Waals surface area (Å²) in [5.74, 6) is -0.138. The summed E-state index contributed by atoms with van der Waals surface area (Å²) in [4.78, 5) is 23.1. The standard InChI is InChI=1S/C14H20N2O5/c1-4-21-14(18)12(15)13(17)16-8-9-7-10(19-2)5-6-11(9)20-3/h5-7,12H,4,8,15H2,1-3H3,(H,16,17). The van der Waals surface area contributed by atoms with Crippen LogP contribution in [0.2, 0.25) is 0 Å². The van der Waals surface area contributed by atoms with Gasteiger partial charge in [-0.1, -0.05) is 0 Å². The molecule has 0 radical (unpaired) electrons. The van der Waals surface area contributed by atoms with Crippen molar-refractivity contribution in [3.05, 3.63) is 23.8 Å². The number of esters is 1. The molecule has 0 bridgehead atoms. The highest BCUT2D eigenvalue weighted by atomic mass is 16.5. The molecule has 0 aliphatic heterocycles. The number of hydrogen-bond donors (Lipinski definition) is 2. The van der Waals surface area contributed by atoms with E-state index in [1.54, 1.807) is 32.2 Å². The van der Waals surface area contributed by atoms with Gasteiger partial charge in [0.25, 0.3) is 0 Å². The van der Waals surface area contributed by atoms with Gasteiger partial charge < -0.3 is 25.3 Å². The second-order valence-corrected chi connectivity index (χ2v) is 4.13. The van der Waals surface area contributed by atoms with Crippen LogP contribution in [0.15, 0.2) is 18.2 Å². The van der Waals surface area contributed by atoms with Crippen molar-refractivity contribution in [2.45, 2.75) is 19.5 Å². The average molecular weight is 296 g/mol. The van der Waals surface area contributed by atoms with Crippen molar-refractivity contribution < 1.29 is 23.8 Å². The Bertz CT molecular complexity index is 504. The van der Waals surface area contributed by atoms with E-state index in [4.69, 9.17) is 15.2 Å². The number of nitrogens with one attached hydrogen (secondary N) is 1. The second-order valence-electron chi connectivity index (χ2n) is 4.13. The van der Waals surface area contributed by atoms with E-state index in [9.17, 15) is 9.59 Å². The molecule has 0 saturated heterocycles. The molecule has 7 heteroatoms. The first-order valence-electron chi connectivity index (χ1n) is 6.44. The zero-order chi connectivity index (χ0) is 15.8. The van der Waals surface area contributed by atoms with Crippen LogP contribution in [0.3, 0.4) is 0 Å². The first kappa shape index (κ1) is 16.8. The highest BCUT2D eigenvalue weighted by Gasteiger charge is 2.23. The van der Waals surface area contributed by atoms with Crippen molar-refractivity contribution in [3.8, 4) is 11.5 Å². The summed E-state index contributed by atoms with van der Waals surface area (Å²) in [5.41, 5.74) is 6.20. The van der Waals surface area contributed by atoms with E-state index in [0.717, 1.165) is 0 Å². The summed E-state index contributed by atoms with van der Waals surface area (Å²) in [6, 6.07) is 3.86. The molecule has 1 atom stereocenters. The monoisotopic (exact) mass is 296 g/mol. The van der Waals surface area contributed by atoms with Crippen molar-refractivity contribution in [2.24, 2.45) is 5.73 Å². The Balaban J connectivity index is 2.70. The van der Waals surface area contributed by atoms with E-state index in [0.29, 0.717) is 17.1 Å². The number of methoxy groups -OCH3 is 2. The van der Waals surface area contributed by atoms with Crippen molar-refractivity contribution in [1.82, 2.24) is 5.32 Å². The molecule has 0 heterocycles. The van der Waals surface area contributed by atoms with Gasteiger partial charge in [-0.25, -0.2) is 4.79 Å². The number of ether oxygens (including phenoxy) is 3. The molecular formula is C14H20N2O5. The average Bonchev–Trinajstić information content (AvgIpc) is 2.51. The van der Waals surface area contributed by atoms with Crippen LogP contribution in [0.5, 0.6) is 11.5 Å². The number of hydrogen-bond acceptors (Lipinski definition) is 6. The number of amides is 1. The zero-order valence-corrected chi connectivity index (χ0v) is 12.3. The number of rotatable bonds is 7. The summed E-state index contributed by atoms with van der Waals surface area (Å²) >= 11 is 0. The summed E-state index contributed by atoms with van der Waals surface area (Å²) in [5, 5.41) is 2.56. The van der Waals surface area contributed by atoms with E-state index in [1.165, 1.54) is 7.11 Å². The van der Waals surface area contributed by atoms with E-state index in [2.05, 4.69) is 10.1 Å². The van der Waals surface area contributed by atoms with Gasteiger partial charge in [-0.3, -0.25) is 4.79 Å². The molecule has 0 aliphatic carbocycles. The van der Waals surface area contributed by atoms with Gasteiger partial charge >= 0.3 is 5.97 Å². The van der Waals surface area contributed by atoms with Crippen LogP contribution < -0.4 is 20.5 Å². The van der Waals surface area contributed by atoms with Crippen molar-refractivity contribution in [1.29, 1.82) is 0 Å². The minimum atomic E-state index is -1.35. The quantitative estimate of drug-likeness (QED) is 0.551. The fraction of sp³-hybridized carbons (Fsp3) is 0.429. The predicted octanol–water partition coefficient (Wildman–Crippen LogP) is 0.210. The number of carbonyl (C=O) groups is 2. The van der Waals surface area contributed by atoms with Crippen LogP contribution in [-0.4, -0.2) is 38.7 Å². The van der Waals surface area contributed by atoms with Crippen molar-refractivity contribution in [2.75, 3.05) is 20.8 Å². The third-order valence-corrected chi connectivity index (χ3v) is 2.76. The summed E-state index contributed by atoms with van der Waals surface area (Å²) < 4.78 is 15.0. The Labute approximate surface area is 123 Å². The van der Waals surface area contributed by atoms with Crippen molar-refractivity contribution >= 4 is 11.9 Å². The Morgan fingerprint density at radius 1 is 1.29 bits per heavy atom. The molecule has 0 saturated carbocycles. The molecule has 21 heavy (non-hydrogen) atoms. The predicted molar refractivity (Wildman–Crippen MR) is 76.0 cm³/mol. The summed E-state index contributed by atoms with van der Waals surface area (Å²) in [6.07, 6.45) is 0. The lowest BCUT2D eigenvalue weighted by Crippen LogP contribution is -2.46. The molecule has 116 valence electrons. The SMILES string of the molecule is CCOC(=O)C(N)C(=O)NCc1cc(OC)ccc1OC. The van der Waals surface area contributed by atoms with Gasteiger partial charge in [0.2, 0.25) is 5.91 Å².